The highest BCUT2D eigenvalue weighted by Crippen LogP contribution is 2.40. The molecule has 3 aromatic rings. The molecule has 25 heavy (non-hydrogen) atoms. The Morgan fingerprint density at radius 2 is 1.20 bits per heavy atom. The third-order valence-corrected chi connectivity index (χ3v) is 5.15. The first kappa shape index (κ1) is 16.3. The van der Waals surface area contributed by atoms with Crippen LogP contribution in [0, 0.1) is 0 Å². The first-order valence-corrected chi connectivity index (χ1v) is 9.08. The van der Waals surface area contributed by atoms with Gasteiger partial charge in [-0.3, -0.25) is 0 Å². The lowest BCUT2D eigenvalue weighted by atomic mass is 10.1. The molecular weight excluding hydrogens is 351 g/mol. The molecule has 4 heteroatoms. The van der Waals surface area contributed by atoms with Crippen molar-refractivity contribution in [1.29, 1.82) is 0 Å². The zero-order valence-corrected chi connectivity index (χ0v) is 15.2. The van der Waals surface area contributed by atoms with Gasteiger partial charge < -0.3 is 9.80 Å². The van der Waals surface area contributed by atoms with Crippen LogP contribution in [-0.2, 0) is 0 Å². The summed E-state index contributed by atoms with van der Waals surface area (Å²) in [5.41, 5.74) is 3.45. The smallest absolute Gasteiger partial charge is 0.130 e. The minimum Gasteiger partial charge on any atom is -0.346 e. The summed E-state index contributed by atoms with van der Waals surface area (Å²) < 4.78 is 0. The number of nitrogens with zero attached hydrogens (tertiary/aromatic N) is 2. The largest absolute Gasteiger partial charge is 0.346 e. The molecule has 0 N–H and O–H groups in total. The van der Waals surface area contributed by atoms with E-state index in [2.05, 4.69) is 58.3 Å². The average molecular weight is 369 g/mol. The van der Waals surface area contributed by atoms with Crippen molar-refractivity contribution >= 4 is 34.6 Å². The molecule has 126 valence electrons. The minimum absolute atomic E-state index is 0.0366. The van der Waals surface area contributed by atoms with Crippen molar-refractivity contribution in [3.8, 4) is 0 Å². The third kappa shape index (κ3) is 3.20. The molecule has 4 rings (SSSR count). The van der Waals surface area contributed by atoms with Gasteiger partial charge in [0.2, 0.25) is 0 Å². The van der Waals surface area contributed by atoms with Crippen molar-refractivity contribution in [1.82, 2.24) is 0 Å². The highest BCUT2D eigenvalue weighted by molar-refractivity contribution is 6.35. The van der Waals surface area contributed by atoms with Gasteiger partial charge in [0.15, 0.2) is 0 Å². The molecule has 0 bridgehead atoms. The number of halogens is 2. The minimum atomic E-state index is 0.0366. The first-order chi connectivity index (χ1) is 12.2. The molecule has 0 saturated carbocycles. The number of benzene rings is 3. The summed E-state index contributed by atoms with van der Waals surface area (Å²) in [5.74, 6) is 0. The molecule has 1 saturated heterocycles. The zero-order chi connectivity index (χ0) is 17.2. The van der Waals surface area contributed by atoms with E-state index < -0.39 is 0 Å². The molecule has 0 aromatic heterocycles. The SMILES string of the molecule is Clc1ccc(C2N(c3ccccc3)CCN2c2ccccc2)c(Cl)c1. The summed E-state index contributed by atoms with van der Waals surface area (Å²) in [5, 5.41) is 1.35. The topological polar surface area (TPSA) is 6.48 Å². The van der Waals surface area contributed by atoms with Gasteiger partial charge in [-0.15, -0.1) is 0 Å². The van der Waals surface area contributed by atoms with Crippen LogP contribution < -0.4 is 9.80 Å². The molecule has 1 heterocycles. The normalized spacial score (nSPS) is 15.0. The van der Waals surface area contributed by atoms with Crippen LogP contribution in [0.25, 0.3) is 0 Å². The highest BCUT2D eigenvalue weighted by atomic mass is 35.5. The Kier molecular flexibility index (Phi) is 4.56. The molecule has 0 radical (unpaired) electrons. The van der Waals surface area contributed by atoms with Gasteiger partial charge in [-0.05, 0) is 36.4 Å². The molecule has 3 aromatic carbocycles. The summed E-state index contributed by atoms with van der Waals surface area (Å²) in [4.78, 5) is 4.78. The van der Waals surface area contributed by atoms with E-state index in [-0.39, 0.29) is 6.17 Å². The lowest BCUT2D eigenvalue weighted by Crippen LogP contribution is -2.31. The third-order valence-electron chi connectivity index (χ3n) is 4.59. The van der Waals surface area contributed by atoms with E-state index in [9.17, 15) is 0 Å². The van der Waals surface area contributed by atoms with Gasteiger partial charge in [0, 0.05) is 40.1 Å². The fraction of sp³-hybridized carbons (Fsp3) is 0.143. The van der Waals surface area contributed by atoms with Crippen molar-refractivity contribution in [3.05, 3.63) is 94.5 Å². The zero-order valence-electron chi connectivity index (χ0n) is 13.6. The van der Waals surface area contributed by atoms with Crippen LogP contribution in [0.2, 0.25) is 10.0 Å². The molecule has 0 spiro atoms. The van der Waals surface area contributed by atoms with Gasteiger partial charge in [0.1, 0.15) is 6.17 Å². The lowest BCUT2D eigenvalue weighted by molar-refractivity contribution is 0.718. The highest BCUT2D eigenvalue weighted by Gasteiger charge is 2.34. The van der Waals surface area contributed by atoms with Gasteiger partial charge in [-0.1, -0.05) is 65.7 Å². The molecule has 2 nitrogen and oxygen atoms in total. The summed E-state index contributed by atoms with van der Waals surface area (Å²) in [6.45, 7) is 1.87. The number of anilines is 2. The van der Waals surface area contributed by atoms with E-state index in [0.29, 0.717) is 10.0 Å². The Labute approximate surface area is 158 Å². The maximum atomic E-state index is 6.58. The van der Waals surface area contributed by atoms with Crippen molar-refractivity contribution < 1.29 is 0 Å². The van der Waals surface area contributed by atoms with E-state index in [1.54, 1.807) is 0 Å². The second kappa shape index (κ2) is 6.99. The Bertz CT molecular complexity index is 805. The maximum absolute atomic E-state index is 6.58. The number of rotatable bonds is 3. The molecule has 0 atom stereocenters. The summed E-state index contributed by atoms with van der Waals surface area (Å²) in [7, 11) is 0. The fourth-order valence-corrected chi connectivity index (χ4v) is 3.96. The average Bonchev–Trinajstić information content (AvgIpc) is 3.08. The summed E-state index contributed by atoms with van der Waals surface area (Å²) in [6.07, 6.45) is 0.0366. The molecule has 1 fully saturated rings. The molecule has 1 aliphatic heterocycles. The fourth-order valence-electron chi connectivity index (χ4n) is 3.45. The second-order valence-corrected chi connectivity index (χ2v) is 6.94. The van der Waals surface area contributed by atoms with Gasteiger partial charge >= 0.3 is 0 Å². The molecular formula is C21H18Cl2N2. The Morgan fingerprint density at radius 3 is 1.68 bits per heavy atom. The number of para-hydroxylation sites is 2. The van der Waals surface area contributed by atoms with Gasteiger partial charge in [0.25, 0.3) is 0 Å². The maximum Gasteiger partial charge on any atom is 0.130 e. The van der Waals surface area contributed by atoms with Crippen molar-refractivity contribution in [2.24, 2.45) is 0 Å². The standard InChI is InChI=1S/C21H18Cl2N2/c22-16-11-12-19(20(23)15-16)21-24(17-7-3-1-4-8-17)13-14-25(21)18-9-5-2-6-10-18/h1-12,15,21H,13-14H2. The Hall–Kier alpha value is -2.16. The van der Waals surface area contributed by atoms with E-state index in [0.717, 1.165) is 18.7 Å². The van der Waals surface area contributed by atoms with Crippen LogP contribution in [0.1, 0.15) is 11.7 Å². The van der Waals surface area contributed by atoms with Crippen LogP contribution in [0.4, 0.5) is 11.4 Å². The van der Waals surface area contributed by atoms with Crippen LogP contribution in [0.5, 0.6) is 0 Å². The number of hydrogen-bond donors (Lipinski definition) is 0. The first-order valence-electron chi connectivity index (χ1n) is 8.32. The predicted octanol–water partition coefficient (Wildman–Crippen LogP) is 6.02. The van der Waals surface area contributed by atoms with E-state index in [4.69, 9.17) is 23.2 Å². The van der Waals surface area contributed by atoms with Crippen molar-refractivity contribution in [2.45, 2.75) is 6.17 Å². The van der Waals surface area contributed by atoms with Crippen LogP contribution in [0.15, 0.2) is 78.9 Å². The second-order valence-electron chi connectivity index (χ2n) is 6.10. The summed E-state index contributed by atoms with van der Waals surface area (Å²) >= 11 is 12.7. The Morgan fingerprint density at radius 1 is 0.680 bits per heavy atom. The quantitative estimate of drug-likeness (QED) is 0.557. The van der Waals surface area contributed by atoms with Gasteiger partial charge in [-0.25, -0.2) is 0 Å². The molecule has 0 aliphatic carbocycles. The monoisotopic (exact) mass is 368 g/mol. The van der Waals surface area contributed by atoms with Gasteiger partial charge in [0.05, 0.1) is 0 Å². The summed E-state index contributed by atoms with van der Waals surface area (Å²) in [6, 6.07) is 26.7. The van der Waals surface area contributed by atoms with Crippen molar-refractivity contribution in [3.63, 3.8) is 0 Å². The van der Waals surface area contributed by atoms with E-state index >= 15 is 0 Å². The van der Waals surface area contributed by atoms with Crippen LogP contribution in [-0.4, -0.2) is 13.1 Å². The molecule has 0 amide bonds. The number of hydrogen-bond acceptors (Lipinski definition) is 2. The molecule has 1 aliphatic rings. The van der Waals surface area contributed by atoms with Crippen molar-refractivity contribution in [2.75, 3.05) is 22.9 Å². The van der Waals surface area contributed by atoms with Crippen LogP contribution in [0.3, 0.4) is 0 Å². The predicted molar refractivity (Wildman–Crippen MR) is 107 cm³/mol. The van der Waals surface area contributed by atoms with Gasteiger partial charge in [-0.2, -0.15) is 0 Å². The van der Waals surface area contributed by atoms with Crippen LogP contribution >= 0.6 is 23.2 Å². The van der Waals surface area contributed by atoms with E-state index in [1.165, 1.54) is 11.4 Å². The lowest BCUT2D eigenvalue weighted by Gasteiger charge is -2.33. The molecule has 0 unspecified atom stereocenters. The Balaban J connectivity index is 1.81. The van der Waals surface area contributed by atoms with E-state index in [1.807, 2.05) is 30.3 Å².